The molecule has 0 saturated carbocycles. The molecule has 0 aromatic carbocycles. The van der Waals surface area contributed by atoms with E-state index in [0.29, 0.717) is 18.3 Å². The fraction of sp³-hybridized carbons (Fsp3) is 0.500. The van der Waals surface area contributed by atoms with Crippen LogP contribution in [-0.2, 0) is 6.42 Å². The highest BCUT2D eigenvalue weighted by Gasteiger charge is 2.17. The molecule has 7 nitrogen and oxygen atoms in total. The van der Waals surface area contributed by atoms with Crippen LogP contribution in [0.1, 0.15) is 24.6 Å². The van der Waals surface area contributed by atoms with Gasteiger partial charge in [-0.3, -0.25) is 0 Å². The molecule has 0 aliphatic carbocycles. The van der Waals surface area contributed by atoms with Crippen LogP contribution in [0.5, 0.6) is 0 Å². The van der Waals surface area contributed by atoms with Crippen LogP contribution in [-0.4, -0.2) is 33.7 Å². The van der Waals surface area contributed by atoms with Crippen molar-refractivity contribution in [3.63, 3.8) is 0 Å². The first-order valence-electron chi connectivity index (χ1n) is 5.48. The number of imidazole rings is 1. The highest BCUT2D eigenvalue weighted by Crippen LogP contribution is 2.15. The third-order valence-electron chi connectivity index (χ3n) is 2.56. The first-order chi connectivity index (χ1) is 8.20. The maximum Gasteiger partial charge on any atom is 0.265 e. The van der Waals surface area contributed by atoms with Gasteiger partial charge >= 0.3 is 0 Å². The molecular weight excluding hydrogens is 220 g/mol. The summed E-state index contributed by atoms with van der Waals surface area (Å²) in [5.74, 6) is 0.998. The van der Waals surface area contributed by atoms with Crippen molar-refractivity contribution < 1.29 is 4.52 Å². The number of H-pyrrole nitrogens is 1. The monoisotopic (exact) mass is 236 g/mol. The fourth-order valence-electron chi connectivity index (χ4n) is 1.39. The van der Waals surface area contributed by atoms with E-state index in [1.54, 1.807) is 12.5 Å². The molecule has 0 unspecified atom stereocenters. The van der Waals surface area contributed by atoms with Crippen molar-refractivity contribution >= 4 is 5.95 Å². The summed E-state index contributed by atoms with van der Waals surface area (Å²) in [7, 11) is 1.90. The van der Waals surface area contributed by atoms with Gasteiger partial charge in [-0.2, -0.15) is 4.98 Å². The summed E-state index contributed by atoms with van der Waals surface area (Å²) in [6.07, 6.45) is 3.94. The Balaban J connectivity index is 2.04. The number of aromatic amines is 1. The predicted molar refractivity (Wildman–Crippen MR) is 62.5 cm³/mol. The van der Waals surface area contributed by atoms with Gasteiger partial charge in [-0.15, -0.1) is 0 Å². The van der Waals surface area contributed by atoms with Crippen LogP contribution >= 0.6 is 0 Å². The van der Waals surface area contributed by atoms with Crippen LogP contribution in [0.4, 0.5) is 5.95 Å². The minimum atomic E-state index is -0.318. The Labute approximate surface area is 99.0 Å². The van der Waals surface area contributed by atoms with E-state index >= 15 is 0 Å². The van der Waals surface area contributed by atoms with Crippen molar-refractivity contribution in [3.8, 4) is 0 Å². The Morgan fingerprint density at radius 3 is 3.06 bits per heavy atom. The van der Waals surface area contributed by atoms with E-state index in [1.165, 1.54) is 0 Å². The fourth-order valence-corrected chi connectivity index (χ4v) is 1.39. The van der Waals surface area contributed by atoms with E-state index in [2.05, 4.69) is 20.1 Å². The third-order valence-corrected chi connectivity index (χ3v) is 2.56. The smallest absolute Gasteiger partial charge is 0.265 e. The zero-order chi connectivity index (χ0) is 12.3. The molecule has 1 atom stereocenters. The summed E-state index contributed by atoms with van der Waals surface area (Å²) in [5, 5.41) is 3.87. The van der Waals surface area contributed by atoms with Crippen LogP contribution in [0.15, 0.2) is 17.0 Å². The number of nitrogens with two attached hydrogens (primary N) is 1. The van der Waals surface area contributed by atoms with Crippen LogP contribution in [0.3, 0.4) is 0 Å². The lowest BCUT2D eigenvalue weighted by atomic mass is 10.2. The van der Waals surface area contributed by atoms with Gasteiger partial charge < -0.3 is 20.1 Å². The summed E-state index contributed by atoms with van der Waals surface area (Å²) in [6, 6.07) is -0.318. The van der Waals surface area contributed by atoms with Gasteiger partial charge in [0.15, 0.2) is 0 Å². The van der Waals surface area contributed by atoms with Gasteiger partial charge in [0.2, 0.25) is 5.89 Å². The zero-order valence-electron chi connectivity index (χ0n) is 9.92. The van der Waals surface area contributed by atoms with Crippen LogP contribution < -0.4 is 10.6 Å². The van der Waals surface area contributed by atoms with Crippen LogP contribution in [0, 0.1) is 0 Å². The van der Waals surface area contributed by atoms with Crippen LogP contribution in [0.25, 0.3) is 0 Å². The average Bonchev–Trinajstić information content (AvgIpc) is 2.98. The SMILES string of the molecule is CCN(C)c1noc([C@H](N)Cc2cnc[nH]2)n1. The number of hydrogen-bond donors (Lipinski definition) is 2. The van der Waals surface area contributed by atoms with Gasteiger partial charge in [0, 0.05) is 31.9 Å². The van der Waals surface area contributed by atoms with E-state index in [-0.39, 0.29) is 6.04 Å². The number of nitrogens with zero attached hydrogens (tertiary/aromatic N) is 4. The highest BCUT2D eigenvalue weighted by molar-refractivity contribution is 5.25. The minimum absolute atomic E-state index is 0.318. The first kappa shape index (κ1) is 11.6. The molecule has 0 amide bonds. The molecule has 0 aliphatic heterocycles. The lowest BCUT2D eigenvalue weighted by Crippen LogP contribution is -2.18. The standard InChI is InChI=1S/C10H16N6O/c1-3-16(2)10-14-9(17-15-10)8(11)4-7-5-12-6-13-7/h5-6,8H,3-4,11H2,1-2H3,(H,12,13)/t8-/m1/s1. The molecule has 17 heavy (non-hydrogen) atoms. The number of nitrogens with one attached hydrogen (secondary N) is 1. The Hall–Kier alpha value is -1.89. The van der Waals surface area contributed by atoms with Crippen LogP contribution in [0.2, 0.25) is 0 Å². The van der Waals surface area contributed by atoms with Gasteiger partial charge in [-0.25, -0.2) is 4.98 Å². The lowest BCUT2D eigenvalue weighted by Gasteiger charge is -2.09. The Bertz CT molecular complexity index is 451. The van der Waals surface area contributed by atoms with Crippen molar-refractivity contribution in [2.24, 2.45) is 5.73 Å². The number of hydrogen-bond acceptors (Lipinski definition) is 6. The zero-order valence-corrected chi connectivity index (χ0v) is 9.92. The van der Waals surface area contributed by atoms with Gasteiger partial charge in [-0.1, -0.05) is 0 Å². The topological polar surface area (TPSA) is 96.9 Å². The first-order valence-corrected chi connectivity index (χ1v) is 5.48. The molecule has 0 fully saturated rings. The minimum Gasteiger partial charge on any atom is -0.348 e. The van der Waals surface area contributed by atoms with Crippen molar-refractivity contribution in [1.82, 2.24) is 20.1 Å². The quantitative estimate of drug-likeness (QED) is 0.784. The largest absolute Gasteiger partial charge is 0.348 e. The van der Waals surface area contributed by atoms with Crippen molar-refractivity contribution in [3.05, 3.63) is 24.1 Å². The maximum atomic E-state index is 5.98. The normalized spacial score (nSPS) is 12.6. The molecule has 2 aromatic rings. The van der Waals surface area contributed by atoms with Gasteiger partial charge in [0.05, 0.1) is 12.4 Å². The lowest BCUT2D eigenvalue weighted by molar-refractivity contribution is 0.353. The highest BCUT2D eigenvalue weighted by atomic mass is 16.5. The molecule has 0 spiro atoms. The summed E-state index contributed by atoms with van der Waals surface area (Å²) in [5.41, 5.74) is 6.92. The number of rotatable bonds is 5. The Morgan fingerprint density at radius 2 is 2.41 bits per heavy atom. The predicted octanol–water partition coefficient (Wildman–Crippen LogP) is 0.491. The molecule has 0 bridgehead atoms. The molecule has 0 radical (unpaired) electrons. The van der Waals surface area contributed by atoms with Crippen molar-refractivity contribution in [2.75, 3.05) is 18.5 Å². The van der Waals surface area contributed by atoms with Gasteiger partial charge in [0.25, 0.3) is 5.95 Å². The second-order valence-electron chi connectivity index (χ2n) is 3.83. The average molecular weight is 236 g/mol. The molecule has 0 aliphatic rings. The molecule has 2 aromatic heterocycles. The van der Waals surface area contributed by atoms with E-state index in [9.17, 15) is 0 Å². The summed E-state index contributed by atoms with van der Waals surface area (Å²) < 4.78 is 5.14. The third kappa shape index (κ3) is 2.62. The summed E-state index contributed by atoms with van der Waals surface area (Å²) >= 11 is 0. The van der Waals surface area contributed by atoms with E-state index in [0.717, 1.165) is 12.2 Å². The van der Waals surface area contributed by atoms with E-state index in [1.807, 2.05) is 18.9 Å². The maximum absolute atomic E-state index is 5.98. The molecule has 2 heterocycles. The number of aromatic nitrogens is 4. The van der Waals surface area contributed by atoms with E-state index in [4.69, 9.17) is 10.3 Å². The molecule has 3 N–H and O–H groups in total. The second kappa shape index (κ2) is 4.96. The molecule has 7 heteroatoms. The van der Waals surface area contributed by atoms with Crippen molar-refractivity contribution in [2.45, 2.75) is 19.4 Å². The molecule has 92 valence electrons. The number of anilines is 1. The second-order valence-corrected chi connectivity index (χ2v) is 3.83. The van der Waals surface area contributed by atoms with Crippen molar-refractivity contribution in [1.29, 1.82) is 0 Å². The Morgan fingerprint density at radius 1 is 1.59 bits per heavy atom. The molecular formula is C10H16N6O. The van der Waals surface area contributed by atoms with E-state index < -0.39 is 0 Å². The molecule has 0 saturated heterocycles. The summed E-state index contributed by atoms with van der Waals surface area (Å²) in [4.78, 5) is 13.1. The summed E-state index contributed by atoms with van der Waals surface area (Å²) in [6.45, 7) is 2.83. The Kier molecular flexibility index (Phi) is 3.38. The molecule has 2 rings (SSSR count). The van der Waals surface area contributed by atoms with Gasteiger partial charge in [0.1, 0.15) is 0 Å². The van der Waals surface area contributed by atoms with Gasteiger partial charge in [-0.05, 0) is 12.1 Å².